The zero-order valence-corrected chi connectivity index (χ0v) is 13.0. The molecule has 0 amide bonds. The van der Waals surface area contributed by atoms with Gasteiger partial charge in [0.05, 0.1) is 12.5 Å². The number of aromatic nitrogens is 2. The van der Waals surface area contributed by atoms with E-state index in [1.165, 1.54) is 0 Å². The summed E-state index contributed by atoms with van der Waals surface area (Å²) in [5, 5.41) is 12.0. The van der Waals surface area contributed by atoms with E-state index >= 15 is 0 Å². The van der Waals surface area contributed by atoms with Gasteiger partial charge in [-0.15, -0.1) is 0 Å². The summed E-state index contributed by atoms with van der Waals surface area (Å²) in [4.78, 5) is 19.2. The number of carboxylic acids is 1. The monoisotopic (exact) mass is 295 g/mol. The quantitative estimate of drug-likeness (QED) is 0.690. The molecule has 0 aliphatic rings. The molecule has 2 N–H and O–H groups in total. The highest BCUT2D eigenvalue weighted by molar-refractivity contribution is 5.69. The number of nitrogens with one attached hydrogen (secondary N) is 1. The summed E-state index contributed by atoms with van der Waals surface area (Å²) in [6.07, 6.45) is 5.01. The SMILES string of the molecule is CCCOc1ccnc(NC(C)CCCC(C)C(=O)O)n1. The summed E-state index contributed by atoms with van der Waals surface area (Å²) >= 11 is 0. The maximum absolute atomic E-state index is 10.7. The fraction of sp³-hybridized carbons (Fsp3) is 0.667. The molecule has 0 fully saturated rings. The Bertz CT molecular complexity index is 440. The van der Waals surface area contributed by atoms with Gasteiger partial charge < -0.3 is 15.2 Å². The van der Waals surface area contributed by atoms with E-state index in [0.29, 0.717) is 24.9 Å². The lowest BCUT2D eigenvalue weighted by atomic mass is 10.0. The minimum absolute atomic E-state index is 0.187. The summed E-state index contributed by atoms with van der Waals surface area (Å²) in [7, 11) is 0. The molecule has 0 aliphatic heterocycles. The lowest BCUT2D eigenvalue weighted by Crippen LogP contribution is -2.18. The van der Waals surface area contributed by atoms with Crippen LogP contribution in [0.4, 0.5) is 5.95 Å². The van der Waals surface area contributed by atoms with Crippen LogP contribution in [0.5, 0.6) is 5.88 Å². The van der Waals surface area contributed by atoms with Gasteiger partial charge in [0.15, 0.2) is 0 Å². The van der Waals surface area contributed by atoms with E-state index in [4.69, 9.17) is 9.84 Å². The predicted octanol–water partition coefficient (Wildman–Crippen LogP) is 2.96. The largest absolute Gasteiger partial charge is 0.481 e. The van der Waals surface area contributed by atoms with E-state index in [1.54, 1.807) is 19.2 Å². The number of anilines is 1. The van der Waals surface area contributed by atoms with Gasteiger partial charge in [0.2, 0.25) is 11.8 Å². The minimum atomic E-state index is -0.736. The number of hydrogen-bond donors (Lipinski definition) is 2. The van der Waals surface area contributed by atoms with E-state index in [9.17, 15) is 4.79 Å². The zero-order chi connectivity index (χ0) is 15.7. The molecule has 6 heteroatoms. The van der Waals surface area contributed by atoms with Crippen LogP contribution < -0.4 is 10.1 Å². The van der Waals surface area contributed by atoms with Crippen LogP contribution in [0.15, 0.2) is 12.3 Å². The molecule has 2 unspecified atom stereocenters. The highest BCUT2D eigenvalue weighted by atomic mass is 16.5. The Labute approximate surface area is 126 Å². The second-order valence-electron chi connectivity index (χ2n) is 5.28. The average molecular weight is 295 g/mol. The van der Waals surface area contributed by atoms with Crippen molar-refractivity contribution in [3.63, 3.8) is 0 Å². The number of nitrogens with zero attached hydrogens (tertiary/aromatic N) is 2. The topological polar surface area (TPSA) is 84.3 Å². The molecular formula is C15H25N3O3. The van der Waals surface area contributed by atoms with Gasteiger partial charge in [-0.25, -0.2) is 4.98 Å². The van der Waals surface area contributed by atoms with E-state index in [2.05, 4.69) is 15.3 Å². The van der Waals surface area contributed by atoms with Crippen molar-refractivity contribution in [3.8, 4) is 5.88 Å². The summed E-state index contributed by atoms with van der Waals surface area (Å²) in [6, 6.07) is 1.92. The summed E-state index contributed by atoms with van der Waals surface area (Å²) in [5.41, 5.74) is 0. The molecule has 1 heterocycles. The van der Waals surface area contributed by atoms with E-state index in [0.717, 1.165) is 19.3 Å². The molecule has 0 spiro atoms. The van der Waals surface area contributed by atoms with Gasteiger partial charge in [0.1, 0.15) is 0 Å². The molecule has 0 aliphatic carbocycles. The maximum Gasteiger partial charge on any atom is 0.306 e. The summed E-state index contributed by atoms with van der Waals surface area (Å²) in [6.45, 7) is 6.45. The molecule has 0 saturated carbocycles. The van der Waals surface area contributed by atoms with Crippen molar-refractivity contribution in [2.24, 2.45) is 5.92 Å². The van der Waals surface area contributed by atoms with Gasteiger partial charge in [0, 0.05) is 18.3 Å². The summed E-state index contributed by atoms with van der Waals surface area (Å²) in [5.74, 6) is 0.0855. The van der Waals surface area contributed by atoms with Crippen molar-refractivity contribution < 1.29 is 14.6 Å². The molecule has 1 aromatic heterocycles. The van der Waals surface area contributed by atoms with Crippen LogP contribution in [0.1, 0.15) is 46.5 Å². The molecule has 2 atom stereocenters. The van der Waals surface area contributed by atoms with Crippen molar-refractivity contribution in [1.29, 1.82) is 0 Å². The smallest absolute Gasteiger partial charge is 0.306 e. The van der Waals surface area contributed by atoms with Crippen molar-refractivity contribution >= 4 is 11.9 Å². The van der Waals surface area contributed by atoms with Crippen molar-refractivity contribution in [2.45, 2.75) is 52.5 Å². The fourth-order valence-electron chi connectivity index (χ4n) is 1.84. The molecule has 118 valence electrons. The van der Waals surface area contributed by atoms with Crippen molar-refractivity contribution in [3.05, 3.63) is 12.3 Å². The van der Waals surface area contributed by atoms with Crippen LogP contribution in [-0.2, 0) is 4.79 Å². The van der Waals surface area contributed by atoms with Crippen LogP contribution in [0.3, 0.4) is 0 Å². The molecule has 0 bridgehead atoms. The number of hydrogen-bond acceptors (Lipinski definition) is 5. The second-order valence-corrected chi connectivity index (χ2v) is 5.28. The number of ether oxygens (including phenoxy) is 1. The van der Waals surface area contributed by atoms with Gasteiger partial charge in [0.25, 0.3) is 0 Å². The molecule has 1 rings (SSSR count). The maximum atomic E-state index is 10.7. The number of carbonyl (C=O) groups is 1. The lowest BCUT2D eigenvalue weighted by molar-refractivity contribution is -0.141. The van der Waals surface area contributed by atoms with E-state index < -0.39 is 5.97 Å². The Morgan fingerprint density at radius 1 is 1.43 bits per heavy atom. The highest BCUT2D eigenvalue weighted by Gasteiger charge is 2.11. The minimum Gasteiger partial charge on any atom is -0.481 e. The Morgan fingerprint density at radius 3 is 2.86 bits per heavy atom. The van der Waals surface area contributed by atoms with Crippen LogP contribution in [0, 0.1) is 5.92 Å². The Hall–Kier alpha value is -1.85. The Kier molecular flexibility index (Phi) is 7.50. The van der Waals surface area contributed by atoms with Gasteiger partial charge >= 0.3 is 5.97 Å². The molecular weight excluding hydrogens is 270 g/mol. The predicted molar refractivity (Wildman–Crippen MR) is 81.6 cm³/mol. The highest BCUT2D eigenvalue weighted by Crippen LogP contribution is 2.13. The number of rotatable bonds is 10. The molecule has 21 heavy (non-hydrogen) atoms. The van der Waals surface area contributed by atoms with Gasteiger partial charge in [-0.1, -0.05) is 20.3 Å². The fourth-order valence-corrected chi connectivity index (χ4v) is 1.84. The van der Waals surface area contributed by atoms with Crippen LogP contribution in [0.2, 0.25) is 0 Å². The Balaban J connectivity index is 2.36. The van der Waals surface area contributed by atoms with Gasteiger partial charge in [-0.2, -0.15) is 4.98 Å². The van der Waals surface area contributed by atoms with Crippen LogP contribution >= 0.6 is 0 Å². The third-order valence-corrected chi connectivity index (χ3v) is 3.16. The van der Waals surface area contributed by atoms with Crippen LogP contribution in [-0.4, -0.2) is 33.7 Å². The van der Waals surface area contributed by atoms with Gasteiger partial charge in [-0.3, -0.25) is 4.79 Å². The number of carboxylic acid groups (broad SMARTS) is 1. The van der Waals surface area contributed by atoms with Crippen molar-refractivity contribution in [2.75, 3.05) is 11.9 Å². The summed E-state index contributed by atoms with van der Waals surface area (Å²) < 4.78 is 5.46. The Morgan fingerprint density at radius 2 is 2.19 bits per heavy atom. The van der Waals surface area contributed by atoms with Crippen LogP contribution in [0.25, 0.3) is 0 Å². The standard InChI is InChI=1S/C15H25N3O3/c1-4-10-21-13-8-9-16-15(18-13)17-12(3)7-5-6-11(2)14(19)20/h8-9,11-12H,4-7,10H2,1-3H3,(H,19,20)(H,16,17,18). The molecule has 1 aromatic rings. The number of aliphatic carboxylic acids is 1. The lowest BCUT2D eigenvalue weighted by Gasteiger charge is -2.15. The normalized spacial score (nSPS) is 13.5. The first-order valence-corrected chi connectivity index (χ1v) is 7.48. The average Bonchev–Trinajstić information content (AvgIpc) is 2.45. The second kappa shape index (κ2) is 9.15. The molecule has 0 saturated heterocycles. The third-order valence-electron chi connectivity index (χ3n) is 3.16. The van der Waals surface area contributed by atoms with Crippen molar-refractivity contribution in [1.82, 2.24) is 9.97 Å². The molecule has 0 aromatic carbocycles. The zero-order valence-electron chi connectivity index (χ0n) is 13.0. The molecule has 6 nitrogen and oxygen atoms in total. The third kappa shape index (κ3) is 6.92. The first-order chi connectivity index (χ1) is 10.0. The first kappa shape index (κ1) is 17.2. The van der Waals surface area contributed by atoms with Gasteiger partial charge in [-0.05, 0) is 26.2 Å². The van der Waals surface area contributed by atoms with E-state index in [-0.39, 0.29) is 12.0 Å². The molecule has 0 radical (unpaired) electrons. The first-order valence-electron chi connectivity index (χ1n) is 7.48. The van der Waals surface area contributed by atoms with E-state index in [1.807, 2.05) is 13.8 Å².